The second kappa shape index (κ2) is 9.39. The van der Waals surface area contributed by atoms with Gasteiger partial charge in [0.15, 0.2) is 0 Å². The summed E-state index contributed by atoms with van der Waals surface area (Å²) in [7, 11) is 0. The molecule has 0 aliphatic carbocycles. The average molecular weight is 488 g/mol. The molecule has 0 bridgehead atoms. The highest BCUT2D eigenvalue weighted by Gasteiger charge is 2.19. The van der Waals surface area contributed by atoms with Crippen LogP contribution in [0.4, 0.5) is 0 Å². The van der Waals surface area contributed by atoms with Crippen molar-refractivity contribution in [1.82, 2.24) is 14.9 Å². The van der Waals surface area contributed by atoms with Crippen LogP contribution in [0.5, 0.6) is 0 Å². The molecule has 1 aromatic carbocycles. The minimum atomic E-state index is -0.278. The second-order valence-electron chi connectivity index (χ2n) is 5.27. The Balaban J connectivity index is 0.00000132. The first-order valence-electron chi connectivity index (χ1n) is 7.03. The Labute approximate surface area is 164 Å². The molecule has 4 nitrogen and oxygen atoms in total. The molecule has 2 aromatic rings. The Bertz CT molecular complexity index is 678. The van der Waals surface area contributed by atoms with E-state index >= 15 is 0 Å². The van der Waals surface area contributed by atoms with Gasteiger partial charge < -0.3 is 15.0 Å². The first-order valence-corrected chi connectivity index (χ1v) is 8.62. The van der Waals surface area contributed by atoms with Crippen molar-refractivity contribution in [2.75, 3.05) is 6.54 Å². The van der Waals surface area contributed by atoms with Gasteiger partial charge in [-0.05, 0) is 63.4 Å². The van der Waals surface area contributed by atoms with Crippen molar-refractivity contribution in [1.29, 1.82) is 0 Å². The first kappa shape index (κ1) is 20.9. The fourth-order valence-electron chi connectivity index (χ4n) is 2.61. The molecule has 0 saturated carbocycles. The van der Waals surface area contributed by atoms with Crippen LogP contribution in [-0.4, -0.2) is 33.3 Å². The van der Waals surface area contributed by atoms with Crippen LogP contribution >= 0.6 is 56.7 Å². The Morgan fingerprint density at radius 1 is 1.30 bits per heavy atom. The molecule has 0 amide bonds. The van der Waals surface area contributed by atoms with Crippen molar-refractivity contribution in [2.24, 2.45) is 0 Å². The zero-order valence-corrected chi connectivity index (χ0v) is 17.1. The Kier molecular flexibility index (Phi) is 8.55. The largest absolute Gasteiger partial charge is 0.391 e. The predicted molar refractivity (Wildman–Crippen MR) is 106 cm³/mol. The quantitative estimate of drug-likeness (QED) is 0.641. The molecule has 8 heteroatoms. The fraction of sp³-hybridized carbons (Fsp3) is 0.400. The summed E-state index contributed by atoms with van der Waals surface area (Å²) in [6, 6.07) is 4.13. The van der Waals surface area contributed by atoms with Crippen LogP contribution in [-0.2, 0) is 6.54 Å². The molecule has 0 spiro atoms. The third-order valence-electron chi connectivity index (χ3n) is 3.78. The van der Waals surface area contributed by atoms with Gasteiger partial charge in [-0.3, -0.25) is 0 Å². The van der Waals surface area contributed by atoms with Crippen LogP contribution in [0, 0.1) is 0 Å². The van der Waals surface area contributed by atoms with E-state index in [1.54, 1.807) is 0 Å². The number of allylic oxidation sites excluding steroid dienone is 1. The molecule has 2 heterocycles. The number of rotatable bonds is 3. The van der Waals surface area contributed by atoms with Crippen molar-refractivity contribution < 1.29 is 5.11 Å². The monoisotopic (exact) mass is 485 g/mol. The molecule has 1 saturated heterocycles. The lowest BCUT2D eigenvalue weighted by Gasteiger charge is -2.26. The number of benzene rings is 1. The predicted octanol–water partition coefficient (Wildman–Crippen LogP) is 4.07. The van der Waals surface area contributed by atoms with E-state index in [-0.39, 0.29) is 37.0 Å². The molecule has 23 heavy (non-hydrogen) atoms. The summed E-state index contributed by atoms with van der Waals surface area (Å²) >= 11 is 7.02. The molecule has 2 N–H and O–H groups in total. The average Bonchev–Trinajstić information content (AvgIpc) is 2.84. The van der Waals surface area contributed by atoms with E-state index < -0.39 is 0 Å². The summed E-state index contributed by atoms with van der Waals surface area (Å²) < 4.78 is 4.12. The van der Waals surface area contributed by atoms with Crippen LogP contribution < -0.4 is 5.32 Å². The number of aliphatic hydroxyl groups excluding tert-OH is 1. The zero-order valence-electron chi connectivity index (χ0n) is 12.3. The van der Waals surface area contributed by atoms with Crippen LogP contribution in [0.2, 0.25) is 0 Å². The minimum Gasteiger partial charge on any atom is -0.391 e. The fourth-order valence-corrected chi connectivity index (χ4v) is 3.27. The van der Waals surface area contributed by atoms with E-state index in [0.717, 1.165) is 45.9 Å². The van der Waals surface area contributed by atoms with Gasteiger partial charge in [-0.2, -0.15) is 0 Å². The van der Waals surface area contributed by atoms with E-state index in [4.69, 9.17) is 0 Å². The maximum Gasteiger partial charge on any atom is 0.0961 e. The van der Waals surface area contributed by atoms with Crippen molar-refractivity contribution in [3.63, 3.8) is 0 Å². The van der Waals surface area contributed by atoms with Gasteiger partial charge in [0.1, 0.15) is 0 Å². The van der Waals surface area contributed by atoms with Crippen LogP contribution in [0.3, 0.4) is 0 Å². The lowest BCUT2D eigenvalue weighted by molar-refractivity contribution is 0.115. The minimum absolute atomic E-state index is 0. The molecule has 1 aliphatic heterocycles. The molecule has 0 unspecified atom stereocenters. The standard InChI is InChI=1S/C15H17Br2N3O.2ClH/c16-10-7-13-14(8-11(10)17)20(9-19-13)6-2-3-12-15(21)4-1-5-18-12;;/h2-3,7-9,12,15,18,21H,1,4-6H2;2*1H/b3-2+;;/t12-,15+;;/m1../s1. The van der Waals surface area contributed by atoms with Gasteiger partial charge >= 0.3 is 0 Å². The van der Waals surface area contributed by atoms with Crippen LogP contribution in [0.25, 0.3) is 11.0 Å². The van der Waals surface area contributed by atoms with Crippen molar-refractivity contribution in [3.05, 3.63) is 39.6 Å². The number of hydrogen-bond donors (Lipinski definition) is 2. The first-order chi connectivity index (χ1) is 10.1. The number of aliphatic hydroxyl groups is 1. The summed E-state index contributed by atoms with van der Waals surface area (Å²) in [6.07, 6.45) is 7.63. The molecular formula is C15H19Br2Cl2N3O. The normalized spacial score (nSPS) is 21.2. The van der Waals surface area contributed by atoms with E-state index in [1.165, 1.54) is 0 Å². The number of fused-ring (bicyclic) bond motifs is 1. The van der Waals surface area contributed by atoms with Gasteiger partial charge in [0.2, 0.25) is 0 Å². The summed E-state index contributed by atoms with van der Waals surface area (Å²) in [5, 5.41) is 13.2. The highest BCUT2D eigenvalue weighted by atomic mass is 79.9. The molecule has 1 fully saturated rings. The molecule has 1 aromatic heterocycles. The van der Waals surface area contributed by atoms with Gasteiger partial charge in [0, 0.05) is 15.5 Å². The van der Waals surface area contributed by atoms with Crippen molar-refractivity contribution >= 4 is 67.7 Å². The van der Waals surface area contributed by atoms with Gasteiger partial charge in [-0.15, -0.1) is 24.8 Å². The summed E-state index contributed by atoms with van der Waals surface area (Å²) in [5.74, 6) is 0. The lowest BCUT2D eigenvalue weighted by Crippen LogP contribution is -2.43. The van der Waals surface area contributed by atoms with E-state index in [2.05, 4.69) is 64.9 Å². The van der Waals surface area contributed by atoms with Gasteiger partial charge in [0.25, 0.3) is 0 Å². The highest BCUT2D eigenvalue weighted by Crippen LogP contribution is 2.28. The third-order valence-corrected chi connectivity index (χ3v) is 5.62. The third kappa shape index (κ3) is 4.94. The van der Waals surface area contributed by atoms with Crippen LogP contribution in [0.1, 0.15) is 12.8 Å². The number of hydrogen-bond acceptors (Lipinski definition) is 3. The molecule has 3 rings (SSSR count). The van der Waals surface area contributed by atoms with Gasteiger partial charge in [-0.1, -0.05) is 12.2 Å². The molecule has 0 radical (unpaired) electrons. The SMILES string of the molecule is Cl.Cl.O[C@H]1CCCN[C@@H]1/C=C/Cn1cnc2cc(Br)c(Br)cc21. The number of halogens is 4. The second-order valence-corrected chi connectivity index (χ2v) is 6.98. The maximum atomic E-state index is 9.92. The Hall–Kier alpha value is -0.110. The number of aromatic nitrogens is 2. The summed E-state index contributed by atoms with van der Waals surface area (Å²) in [5.41, 5.74) is 2.06. The Morgan fingerprint density at radius 2 is 2.04 bits per heavy atom. The highest BCUT2D eigenvalue weighted by molar-refractivity contribution is 9.13. The number of nitrogens with zero attached hydrogens (tertiary/aromatic N) is 2. The smallest absolute Gasteiger partial charge is 0.0961 e. The Morgan fingerprint density at radius 3 is 2.78 bits per heavy atom. The number of piperidine rings is 1. The van der Waals surface area contributed by atoms with E-state index in [1.807, 2.05) is 12.4 Å². The molecule has 1 aliphatic rings. The number of imidazole rings is 1. The van der Waals surface area contributed by atoms with Gasteiger partial charge in [0.05, 0.1) is 29.5 Å². The molecule has 2 atom stereocenters. The topological polar surface area (TPSA) is 50.1 Å². The number of nitrogens with one attached hydrogen (secondary N) is 1. The van der Waals surface area contributed by atoms with E-state index in [0.29, 0.717) is 0 Å². The molecular weight excluding hydrogens is 469 g/mol. The lowest BCUT2D eigenvalue weighted by atomic mass is 10.0. The summed E-state index contributed by atoms with van der Waals surface area (Å²) in [6.45, 7) is 1.72. The van der Waals surface area contributed by atoms with E-state index in [9.17, 15) is 5.11 Å². The van der Waals surface area contributed by atoms with Crippen LogP contribution in [0.15, 0.2) is 39.6 Å². The zero-order chi connectivity index (χ0) is 14.8. The maximum absolute atomic E-state index is 9.92. The summed E-state index contributed by atoms with van der Waals surface area (Å²) in [4.78, 5) is 4.41. The van der Waals surface area contributed by atoms with Crippen molar-refractivity contribution in [2.45, 2.75) is 31.5 Å². The van der Waals surface area contributed by atoms with Crippen molar-refractivity contribution in [3.8, 4) is 0 Å². The molecule has 128 valence electrons. The van der Waals surface area contributed by atoms with Gasteiger partial charge in [-0.25, -0.2) is 4.98 Å².